The minimum Gasteiger partial charge on any atom is -0.370 e. The van der Waals surface area contributed by atoms with Gasteiger partial charge in [0.15, 0.2) is 5.96 Å². The second kappa shape index (κ2) is 10.6. The van der Waals surface area contributed by atoms with Crippen LogP contribution < -0.4 is 11.5 Å². The fourth-order valence-electron chi connectivity index (χ4n) is 2.44. The Hall–Kier alpha value is -2.38. The van der Waals surface area contributed by atoms with E-state index in [-0.39, 0.29) is 10.9 Å². The number of guanidine groups is 1. The number of unbranched alkanes of at least 4 members (excludes halogenated alkanes) is 3. The van der Waals surface area contributed by atoms with Crippen LogP contribution >= 0.6 is 0 Å². The molecule has 26 heavy (non-hydrogen) atoms. The first-order valence-corrected chi connectivity index (χ1v) is 9.94. The van der Waals surface area contributed by atoms with Crippen LogP contribution in [0.5, 0.6) is 0 Å². The number of aryl methyl sites for hydroxylation is 1. The molecule has 7 heteroatoms. The van der Waals surface area contributed by atoms with Crippen molar-refractivity contribution in [2.45, 2.75) is 43.9 Å². The fourth-order valence-corrected chi connectivity index (χ4v) is 2.92. The van der Waals surface area contributed by atoms with Crippen molar-refractivity contribution in [2.75, 3.05) is 0 Å². The average molecular weight is 378 g/mol. The maximum absolute atomic E-state index is 11.0. The summed E-state index contributed by atoms with van der Waals surface area (Å²) in [6.45, 7) is 2.21. The Kier molecular flexibility index (Phi) is 8.81. The molecular formula is C19H27N3O3S. The minimum absolute atomic E-state index is 0.0798. The van der Waals surface area contributed by atoms with Crippen LogP contribution in [0.4, 0.5) is 0 Å². The van der Waals surface area contributed by atoms with Gasteiger partial charge in [-0.1, -0.05) is 62.6 Å². The molecule has 2 rings (SSSR count). The van der Waals surface area contributed by atoms with Crippen molar-refractivity contribution in [2.24, 2.45) is 11.5 Å². The highest BCUT2D eigenvalue weighted by molar-refractivity contribution is 7.85. The van der Waals surface area contributed by atoms with Gasteiger partial charge in [-0.2, -0.15) is 8.42 Å². The molecule has 0 unspecified atom stereocenters. The SMILES string of the molecule is CCCCCCc1ccc(-c2ccc(S(=O)(=O)O)cc2)cc1.N=C(N)N. The molecule has 0 aromatic heterocycles. The molecule has 6 nitrogen and oxygen atoms in total. The number of hydrogen-bond acceptors (Lipinski definition) is 3. The number of benzene rings is 2. The summed E-state index contributed by atoms with van der Waals surface area (Å²) in [4.78, 5) is -0.0798. The van der Waals surface area contributed by atoms with Crippen LogP contribution in [0.1, 0.15) is 38.2 Å². The van der Waals surface area contributed by atoms with Crippen molar-refractivity contribution in [1.29, 1.82) is 5.41 Å². The zero-order valence-corrected chi connectivity index (χ0v) is 15.8. The quantitative estimate of drug-likeness (QED) is 0.254. The lowest BCUT2D eigenvalue weighted by Crippen LogP contribution is -2.20. The van der Waals surface area contributed by atoms with Crippen molar-refractivity contribution in [3.63, 3.8) is 0 Å². The van der Waals surface area contributed by atoms with Crippen LogP contribution in [0.15, 0.2) is 53.4 Å². The van der Waals surface area contributed by atoms with E-state index in [1.165, 1.54) is 43.4 Å². The van der Waals surface area contributed by atoms with E-state index in [1.807, 2.05) is 0 Å². The molecule has 6 N–H and O–H groups in total. The van der Waals surface area contributed by atoms with Gasteiger partial charge in [0, 0.05) is 0 Å². The van der Waals surface area contributed by atoms with Crippen LogP contribution in [0.2, 0.25) is 0 Å². The predicted octanol–water partition coefficient (Wildman–Crippen LogP) is 3.56. The summed E-state index contributed by atoms with van der Waals surface area (Å²) < 4.78 is 31.0. The first-order chi connectivity index (χ1) is 12.2. The molecule has 0 atom stereocenters. The zero-order valence-electron chi connectivity index (χ0n) is 15.0. The zero-order chi connectivity index (χ0) is 19.6. The van der Waals surface area contributed by atoms with Gasteiger partial charge in [0.25, 0.3) is 10.1 Å². The molecule has 0 aliphatic rings. The Labute approximate surface area is 155 Å². The van der Waals surface area contributed by atoms with Crippen molar-refractivity contribution in [3.8, 4) is 11.1 Å². The number of rotatable bonds is 7. The van der Waals surface area contributed by atoms with Gasteiger partial charge in [-0.05, 0) is 41.7 Å². The van der Waals surface area contributed by atoms with Crippen molar-refractivity contribution >= 4 is 16.1 Å². The second-order valence-electron chi connectivity index (χ2n) is 5.96. The third-order valence-corrected chi connectivity index (χ3v) is 4.63. The standard InChI is InChI=1S/C18H22O3S.CH5N3/c1-2-3-4-5-6-15-7-9-16(10-8-15)17-11-13-18(14-12-17)22(19,20)21;2-1(3)4/h7-14H,2-6H2,1H3,(H,19,20,21);(H5,2,3,4). The van der Waals surface area contributed by atoms with Crippen molar-refractivity contribution < 1.29 is 13.0 Å². The molecule has 0 saturated carbocycles. The summed E-state index contributed by atoms with van der Waals surface area (Å²) in [5.41, 5.74) is 12.2. The first-order valence-electron chi connectivity index (χ1n) is 8.50. The topological polar surface area (TPSA) is 130 Å². The molecule has 0 amide bonds. The van der Waals surface area contributed by atoms with Crippen LogP contribution in [0.3, 0.4) is 0 Å². The van der Waals surface area contributed by atoms with Gasteiger partial charge >= 0.3 is 0 Å². The Morgan fingerprint density at radius 1 is 0.923 bits per heavy atom. The van der Waals surface area contributed by atoms with Gasteiger partial charge in [0.05, 0.1) is 4.90 Å². The van der Waals surface area contributed by atoms with E-state index in [1.54, 1.807) is 12.1 Å². The summed E-state index contributed by atoms with van der Waals surface area (Å²) in [5.74, 6) is -0.333. The van der Waals surface area contributed by atoms with Crippen molar-refractivity contribution in [1.82, 2.24) is 0 Å². The number of nitrogens with two attached hydrogens (primary N) is 2. The highest BCUT2D eigenvalue weighted by atomic mass is 32.2. The molecular weight excluding hydrogens is 350 g/mol. The Balaban J connectivity index is 0.000000765. The van der Waals surface area contributed by atoms with Gasteiger partial charge in [-0.3, -0.25) is 9.96 Å². The predicted molar refractivity (Wildman–Crippen MR) is 106 cm³/mol. The van der Waals surface area contributed by atoms with E-state index < -0.39 is 10.1 Å². The molecule has 0 bridgehead atoms. The third-order valence-electron chi connectivity index (χ3n) is 3.76. The van der Waals surface area contributed by atoms with E-state index >= 15 is 0 Å². The Bertz CT molecular complexity index is 782. The molecule has 0 fully saturated rings. The van der Waals surface area contributed by atoms with Gasteiger partial charge in [-0.15, -0.1) is 0 Å². The molecule has 0 radical (unpaired) electrons. The lowest BCUT2D eigenvalue weighted by Gasteiger charge is -2.05. The molecule has 2 aromatic carbocycles. The van der Waals surface area contributed by atoms with Crippen LogP contribution in [-0.2, 0) is 16.5 Å². The van der Waals surface area contributed by atoms with Gasteiger partial charge in [-0.25, -0.2) is 0 Å². The lowest BCUT2D eigenvalue weighted by atomic mass is 10.0. The molecule has 0 spiro atoms. The molecule has 142 valence electrons. The fraction of sp³-hybridized carbons (Fsp3) is 0.316. The Morgan fingerprint density at radius 3 is 1.81 bits per heavy atom. The largest absolute Gasteiger partial charge is 0.370 e. The molecule has 0 heterocycles. The molecule has 0 aliphatic heterocycles. The van der Waals surface area contributed by atoms with E-state index in [4.69, 9.17) is 9.96 Å². The van der Waals surface area contributed by atoms with Gasteiger partial charge in [0.2, 0.25) is 0 Å². The maximum Gasteiger partial charge on any atom is 0.294 e. The van der Waals surface area contributed by atoms with E-state index in [0.717, 1.165) is 17.5 Å². The highest BCUT2D eigenvalue weighted by Crippen LogP contribution is 2.22. The van der Waals surface area contributed by atoms with E-state index in [0.29, 0.717) is 0 Å². The summed E-state index contributed by atoms with van der Waals surface area (Å²) >= 11 is 0. The maximum atomic E-state index is 11.0. The smallest absolute Gasteiger partial charge is 0.294 e. The highest BCUT2D eigenvalue weighted by Gasteiger charge is 2.08. The van der Waals surface area contributed by atoms with Crippen molar-refractivity contribution in [3.05, 3.63) is 54.1 Å². The molecule has 0 saturated heterocycles. The second-order valence-corrected chi connectivity index (χ2v) is 7.38. The van der Waals surface area contributed by atoms with Gasteiger partial charge < -0.3 is 11.5 Å². The van der Waals surface area contributed by atoms with Crippen LogP contribution in [0.25, 0.3) is 11.1 Å². The lowest BCUT2D eigenvalue weighted by molar-refractivity contribution is 0.483. The monoisotopic (exact) mass is 377 g/mol. The minimum atomic E-state index is -4.12. The molecule has 0 aliphatic carbocycles. The summed E-state index contributed by atoms with van der Waals surface area (Å²) in [6.07, 6.45) is 6.13. The van der Waals surface area contributed by atoms with Crippen LogP contribution in [-0.4, -0.2) is 18.9 Å². The Morgan fingerprint density at radius 2 is 1.38 bits per heavy atom. The first kappa shape index (κ1) is 21.7. The van der Waals surface area contributed by atoms with Gasteiger partial charge in [0.1, 0.15) is 0 Å². The summed E-state index contributed by atoms with van der Waals surface area (Å²) in [5, 5.41) is 6.06. The van der Waals surface area contributed by atoms with E-state index in [2.05, 4.69) is 42.7 Å². The number of hydrogen-bond donors (Lipinski definition) is 4. The molecule has 2 aromatic rings. The average Bonchev–Trinajstić information content (AvgIpc) is 2.58. The summed E-state index contributed by atoms with van der Waals surface area (Å²) in [6, 6.07) is 14.6. The van der Waals surface area contributed by atoms with Crippen LogP contribution in [0, 0.1) is 5.41 Å². The summed E-state index contributed by atoms with van der Waals surface area (Å²) in [7, 11) is -4.12. The third kappa shape index (κ3) is 8.13. The normalized spacial score (nSPS) is 10.7. The van der Waals surface area contributed by atoms with E-state index in [9.17, 15) is 8.42 Å². The number of nitrogens with one attached hydrogen (secondary N) is 1.